The van der Waals surface area contributed by atoms with Crippen LogP contribution in [0.1, 0.15) is 13.8 Å². The summed E-state index contributed by atoms with van der Waals surface area (Å²) in [6.07, 6.45) is 0. The molecular weight excluding hydrogens is 224 g/mol. The number of nitrogens with zero attached hydrogens (tertiary/aromatic N) is 6. The number of carboxylic acids is 2. The highest BCUT2D eigenvalue weighted by Gasteiger charge is 1.84. The third-order valence-corrected chi connectivity index (χ3v) is 0.261. The van der Waals surface area contributed by atoms with E-state index >= 15 is 0 Å². The van der Waals surface area contributed by atoms with E-state index in [2.05, 4.69) is 20.1 Å². The van der Waals surface area contributed by atoms with Crippen LogP contribution < -0.4 is 0 Å². The van der Waals surface area contributed by atoms with E-state index in [1.807, 2.05) is 0 Å². The van der Waals surface area contributed by atoms with Crippen molar-refractivity contribution >= 4 is 18.0 Å². The lowest BCUT2D eigenvalue weighted by Crippen LogP contribution is -1.78. The number of carbonyl (C=O) groups excluding carboxylic acids is 1. The quantitative estimate of drug-likeness (QED) is 0.365. The van der Waals surface area contributed by atoms with Gasteiger partial charge in [0.2, 0.25) is 0 Å². The van der Waals surface area contributed by atoms with Gasteiger partial charge in [0.05, 0.1) is 0 Å². The van der Waals surface area contributed by atoms with Crippen molar-refractivity contribution < 1.29 is 24.6 Å². The van der Waals surface area contributed by atoms with Crippen LogP contribution in [0.15, 0.2) is 10.2 Å². The molecule has 0 unspecified atom stereocenters. The SMILES string of the molecule is CC(=O)O.CC(=O)O.[N-]=[N+]=NC(=O)N=[N+]=[N-]. The molecule has 0 radical (unpaired) electrons. The summed E-state index contributed by atoms with van der Waals surface area (Å²) in [5, 5.41) is 19.7. The van der Waals surface area contributed by atoms with Crippen molar-refractivity contribution in [3.05, 3.63) is 20.9 Å². The fourth-order valence-electron chi connectivity index (χ4n) is 0.0965. The summed E-state index contributed by atoms with van der Waals surface area (Å²) in [6.45, 7) is 2.17. The van der Waals surface area contributed by atoms with Crippen molar-refractivity contribution in [1.82, 2.24) is 0 Å². The summed E-state index contributed by atoms with van der Waals surface area (Å²) in [7, 11) is 0. The van der Waals surface area contributed by atoms with Crippen molar-refractivity contribution in [2.24, 2.45) is 10.2 Å². The second-order valence-electron chi connectivity index (χ2n) is 1.70. The van der Waals surface area contributed by atoms with E-state index < -0.39 is 18.0 Å². The second-order valence-corrected chi connectivity index (χ2v) is 1.70. The van der Waals surface area contributed by atoms with E-state index in [1.165, 1.54) is 0 Å². The number of rotatable bonds is 0. The summed E-state index contributed by atoms with van der Waals surface area (Å²) in [6, 6.07) is -1.17. The van der Waals surface area contributed by atoms with Gasteiger partial charge >= 0.3 is 6.03 Å². The molecule has 0 aromatic carbocycles. The molecule has 0 saturated carbocycles. The molecule has 0 heterocycles. The molecule has 0 spiro atoms. The molecule has 0 aliphatic heterocycles. The Balaban J connectivity index is -0.000000179. The van der Waals surface area contributed by atoms with Crippen molar-refractivity contribution in [3.63, 3.8) is 0 Å². The van der Waals surface area contributed by atoms with Gasteiger partial charge in [-0.1, -0.05) is 0 Å². The maximum Gasteiger partial charge on any atom is 0.305 e. The Morgan fingerprint density at radius 3 is 1.25 bits per heavy atom. The molecule has 0 bridgehead atoms. The Morgan fingerprint density at radius 2 is 1.12 bits per heavy atom. The number of carbonyl (C=O) groups is 3. The van der Waals surface area contributed by atoms with E-state index in [1.54, 1.807) is 0 Å². The largest absolute Gasteiger partial charge is 0.481 e. The molecule has 0 aliphatic carbocycles. The van der Waals surface area contributed by atoms with Gasteiger partial charge in [0.15, 0.2) is 0 Å². The molecule has 0 aromatic heterocycles. The predicted molar refractivity (Wildman–Crippen MR) is 50.3 cm³/mol. The number of carboxylic acid groups (broad SMARTS) is 2. The van der Waals surface area contributed by atoms with Crippen LogP contribution in [0.3, 0.4) is 0 Å². The van der Waals surface area contributed by atoms with Crippen LogP contribution >= 0.6 is 0 Å². The molecule has 2 amide bonds. The first-order valence-corrected chi connectivity index (χ1v) is 3.31. The summed E-state index contributed by atoms with van der Waals surface area (Å²) < 4.78 is 0. The average Bonchev–Trinajstić information content (AvgIpc) is 2.02. The van der Waals surface area contributed by atoms with E-state index in [9.17, 15) is 4.79 Å². The Morgan fingerprint density at radius 1 is 0.938 bits per heavy atom. The molecule has 0 aromatic rings. The minimum absolute atomic E-state index is 0.833. The maximum atomic E-state index is 9.80. The van der Waals surface area contributed by atoms with Crippen molar-refractivity contribution in [2.45, 2.75) is 13.8 Å². The maximum absolute atomic E-state index is 9.80. The molecular formula is C5H8N6O5. The van der Waals surface area contributed by atoms with Crippen molar-refractivity contribution in [2.75, 3.05) is 0 Å². The molecule has 0 aliphatic rings. The molecule has 88 valence electrons. The lowest BCUT2D eigenvalue weighted by molar-refractivity contribution is -0.135. The molecule has 0 atom stereocenters. The smallest absolute Gasteiger partial charge is 0.305 e. The average molecular weight is 232 g/mol. The normalized spacial score (nSPS) is 6.12. The molecule has 11 nitrogen and oxygen atoms in total. The molecule has 0 fully saturated rings. The van der Waals surface area contributed by atoms with Crippen LogP contribution in [-0.2, 0) is 9.59 Å². The summed E-state index contributed by atoms with van der Waals surface area (Å²) in [4.78, 5) is 31.9. The van der Waals surface area contributed by atoms with Gasteiger partial charge in [0, 0.05) is 23.7 Å². The topological polar surface area (TPSA) is 189 Å². The second kappa shape index (κ2) is 14.7. The fraction of sp³-hybridized carbons (Fsp3) is 0.400. The van der Waals surface area contributed by atoms with Gasteiger partial charge < -0.3 is 10.2 Å². The first-order chi connectivity index (χ1) is 7.27. The van der Waals surface area contributed by atoms with Crippen LogP contribution in [0.5, 0.6) is 0 Å². The van der Waals surface area contributed by atoms with Gasteiger partial charge in [-0.3, -0.25) is 14.4 Å². The summed E-state index contributed by atoms with van der Waals surface area (Å²) in [5.74, 6) is -1.67. The zero-order valence-corrected chi connectivity index (χ0v) is 8.30. The predicted octanol–water partition coefficient (Wildman–Crippen LogP) is 1.91. The highest BCUT2D eigenvalue weighted by Crippen LogP contribution is 1.80. The number of aliphatic carboxylic acids is 2. The first-order valence-electron chi connectivity index (χ1n) is 3.31. The van der Waals surface area contributed by atoms with Gasteiger partial charge in [-0.15, -0.1) is 0 Å². The van der Waals surface area contributed by atoms with Gasteiger partial charge in [-0.05, 0) is 21.3 Å². The number of hydrogen-bond donors (Lipinski definition) is 2. The summed E-state index contributed by atoms with van der Waals surface area (Å²) in [5.41, 5.74) is 15.0. The highest BCUT2D eigenvalue weighted by atomic mass is 16.4. The number of azide groups is 1. The minimum Gasteiger partial charge on any atom is -0.481 e. The number of amides is 2. The monoisotopic (exact) mass is 232 g/mol. The number of urea groups is 1. The van der Waals surface area contributed by atoms with Crippen LogP contribution in [0.2, 0.25) is 0 Å². The standard InChI is InChI=1S/2C2H4O2.CN6O/c2*1-2(3)4;2-6-4-1(8)5-7-3/h2*1H3,(H,3,4);. The zero-order chi connectivity index (χ0) is 13.6. The molecule has 0 saturated heterocycles. The van der Waals surface area contributed by atoms with E-state index in [0.717, 1.165) is 13.8 Å². The first kappa shape index (κ1) is 18.9. The number of hydrogen-bond acceptors (Lipinski definition) is 3. The minimum atomic E-state index is -1.17. The third-order valence-electron chi connectivity index (χ3n) is 0.261. The van der Waals surface area contributed by atoms with Gasteiger partial charge in [0.1, 0.15) is 0 Å². The van der Waals surface area contributed by atoms with Crippen LogP contribution in [0, 0.1) is 0 Å². The van der Waals surface area contributed by atoms with Gasteiger partial charge in [-0.25, -0.2) is 0 Å². The Labute approximate surface area is 88.6 Å². The van der Waals surface area contributed by atoms with E-state index in [4.69, 9.17) is 30.9 Å². The molecule has 16 heavy (non-hydrogen) atoms. The lowest BCUT2D eigenvalue weighted by atomic mass is 10.9. The van der Waals surface area contributed by atoms with Crippen molar-refractivity contribution in [1.29, 1.82) is 0 Å². The van der Waals surface area contributed by atoms with Crippen molar-refractivity contribution in [3.8, 4) is 0 Å². The lowest BCUT2D eigenvalue weighted by Gasteiger charge is -1.65. The zero-order valence-electron chi connectivity index (χ0n) is 8.30. The third kappa shape index (κ3) is 113. The highest BCUT2D eigenvalue weighted by molar-refractivity contribution is 5.75. The van der Waals surface area contributed by atoms with Crippen LogP contribution in [0.4, 0.5) is 4.79 Å². The van der Waals surface area contributed by atoms with Gasteiger partial charge in [-0.2, -0.15) is 0 Å². The van der Waals surface area contributed by atoms with Gasteiger partial charge in [0.25, 0.3) is 11.9 Å². The molecule has 0 rings (SSSR count). The van der Waals surface area contributed by atoms with E-state index in [-0.39, 0.29) is 0 Å². The Kier molecular flexibility index (Phi) is 17.4. The summed E-state index contributed by atoms with van der Waals surface area (Å²) >= 11 is 0. The Bertz CT molecular complexity index is 299. The Hall–Kier alpha value is -2.77. The van der Waals surface area contributed by atoms with E-state index in [0.29, 0.717) is 0 Å². The van der Waals surface area contributed by atoms with Crippen LogP contribution in [-0.4, -0.2) is 28.2 Å². The fourth-order valence-corrected chi connectivity index (χ4v) is 0.0965. The molecule has 11 heteroatoms. The van der Waals surface area contributed by atoms with Crippen LogP contribution in [0.25, 0.3) is 20.9 Å². The molecule has 2 N–H and O–H groups in total.